The summed E-state index contributed by atoms with van der Waals surface area (Å²) >= 11 is 0. The third-order valence-corrected chi connectivity index (χ3v) is 6.19. The molecule has 3 aliphatic heterocycles. The number of imide groups is 2. The van der Waals surface area contributed by atoms with Gasteiger partial charge >= 0.3 is 12.1 Å². The number of hydrogen-bond acceptors (Lipinski definition) is 6. The normalized spacial score (nSPS) is 23.3. The van der Waals surface area contributed by atoms with Crippen molar-refractivity contribution >= 4 is 29.6 Å². The highest BCUT2D eigenvalue weighted by Crippen LogP contribution is 2.46. The van der Waals surface area contributed by atoms with Crippen molar-refractivity contribution in [3.05, 3.63) is 29.8 Å². The van der Waals surface area contributed by atoms with Crippen LogP contribution in [0.15, 0.2) is 24.3 Å². The van der Waals surface area contributed by atoms with Crippen molar-refractivity contribution in [3.63, 3.8) is 0 Å². The number of urea groups is 1. The molecule has 1 aromatic rings. The van der Waals surface area contributed by atoms with Crippen LogP contribution in [0.5, 0.6) is 0 Å². The molecule has 4 rings (SSSR count). The summed E-state index contributed by atoms with van der Waals surface area (Å²) in [6, 6.07) is 6.42. The Hall–Kier alpha value is -3.10. The molecule has 1 spiro atoms. The molecule has 5 amide bonds. The fourth-order valence-corrected chi connectivity index (χ4v) is 4.76. The lowest BCUT2D eigenvalue weighted by atomic mass is 9.67. The van der Waals surface area contributed by atoms with Crippen molar-refractivity contribution in [3.8, 4) is 0 Å². The average Bonchev–Trinajstić information content (AvgIpc) is 2.74. The molecule has 0 aliphatic carbocycles. The first kappa shape index (κ1) is 19.2. The Morgan fingerprint density at radius 3 is 2.41 bits per heavy atom. The number of nitrogens with zero attached hydrogens (tertiary/aromatic N) is 4. The second kappa shape index (κ2) is 6.75. The summed E-state index contributed by atoms with van der Waals surface area (Å²) in [5, 5.41) is 0. The Bertz CT molecular complexity index is 877. The van der Waals surface area contributed by atoms with Crippen molar-refractivity contribution < 1.29 is 23.9 Å². The van der Waals surface area contributed by atoms with Crippen LogP contribution in [0.2, 0.25) is 0 Å². The molecule has 0 bridgehead atoms. The van der Waals surface area contributed by atoms with E-state index in [0.717, 1.165) is 21.1 Å². The number of hydrogen-bond donors (Lipinski definition) is 0. The minimum Gasteiger partial charge on any atom is -0.450 e. The quantitative estimate of drug-likeness (QED) is 0.652. The topological polar surface area (TPSA) is 90.5 Å². The number of para-hydroxylation sites is 1. The molecule has 1 aromatic carbocycles. The van der Waals surface area contributed by atoms with E-state index >= 15 is 0 Å². The maximum atomic E-state index is 13.4. The highest BCUT2D eigenvalue weighted by atomic mass is 16.6. The van der Waals surface area contributed by atoms with Gasteiger partial charge in [0.05, 0.1) is 12.6 Å². The van der Waals surface area contributed by atoms with Gasteiger partial charge in [-0.25, -0.2) is 9.59 Å². The minimum atomic E-state index is -1.48. The van der Waals surface area contributed by atoms with Gasteiger partial charge in [-0.2, -0.15) is 0 Å². The Morgan fingerprint density at radius 1 is 1.10 bits per heavy atom. The molecule has 3 aliphatic rings. The first-order valence-corrected chi connectivity index (χ1v) is 9.69. The van der Waals surface area contributed by atoms with Gasteiger partial charge < -0.3 is 14.5 Å². The summed E-state index contributed by atoms with van der Waals surface area (Å²) in [5.41, 5.74) is 0.359. The minimum absolute atomic E-state index is 0.167. The molecule has 29 heavy (non-hydrogen) atoms. The van der Waals surface area contributed by atoms with Crippen LogP contribution in [0.3, 0.4) is 0 Å². The van der Waals surface area contributed by atoms with Crippen molar-refractivity contribution in [1.29, 1.82) is 0 Å². The van der Waals surface area contributed by atoms with E-state index in [0.29, 0.717) is 13.1 Å². The molecule has 0 unspecified atom stereocenters. The van der Waals surface area contributed by atoms with Gasteiger partial charge in [-0.15, -0.1) is 0 Å². The van der Waals surface area contributed by atoms with E-state index < -0.39 is 35.4 Å². The number of carbonyl (C=O) groups excluding carboxylic acids is 4. The summed E-state index contributed by atoms with van der Waals surface area (Å²) in [7, 11) is 2.79. The van der Waals surface area contributed by atoms with Crippen molar-refractivity contribution in [2.75, 3.05) is 45.2 Å². The van der Waals surface area contributed by atoms with Crippen molar-refractivity contribution in [2.45, 2.75) is 19.4 Å². The van der Waals surface area contributed by atoms with E-state index in [1.54, 1.807) is 6.92 Å². The number of barbiturate groups is 1. The largest absolute Gasteiger partial charge is 0.450 e. The summed E-state index contributed by atoms with van der Waals surface area (Å²) in [6.45, 7) is 3.03. The maximum Gasteiger partial charge on any atom is 0.409 e. The van der Waals surface area contributed by atoms with E-state index in [9.17, 15) is 19.2 Å². The zero-order chi connectivity index (χ0) is 20.9. The lowest BCUT2D eigenvalue weighted by Crippen LogP contribution is -2.75. The smallest absolute Gasteiger partial charge is 0.409 e. The van der Waals surface area contributed by atoms with Gasteiger partial charge in [-0.3, -0.25) is 19.4 Å². The van der Waals surface area contributed by atoms with Gasteiger partial charge in [-0.05, 0) is 25.0 Å². The highest BCUT2D eigenvalue weighted by Gasteiger charge is 2.64. The first-order chi connectivity index (χ1) is 13.8. The predicted molar refractivity (Wildman–Crippen MR) is 103 cm³/mol. The first-order valence-electron chi connectivity index (χ1n) is 9.69. The molecule has 0 N–H and O–H groups in total. The number of piperazine rings is 1. The lowest BCUT2D eigenvalue weighted by Gasteiger charge is -2.55. The molecule has 0 radical (unpaired) electrons. The fourth-order valence-electron chi connectivity index (χ4n) is 4.76. The molecular formula is C20H24N4O5. The molecule has 0 aromatic heterocycles. The van der Waals surface area contributed by atoms with Gasteiger partial charge in [0.2, 0.25) is 11.8 Å². The van der Waals surface area contributed by atoms with E-state index in [1.807, 2.05) is 29.2 Å². The summed E-state index contributed by atoms with van der Waals surface area (Å²) < 4.78 is 5.14. The second-order valence-corrected chi connectivity index (χ2v) is 7.64. The molecule has 9 heteroatoms. The standard InChI is InChI=1S/C20H24N4O5/c1-4-29-19(28)23-9-10-24-14-8-6-5-7-13(14)11-20(15(24)12-23)16(25)21(2)18(27)22(3)17(20)26/h5-8,15H,4,9-12H2,1-3H3/t15-/m1/s1. The van der Waals surface area contributed by atoms with E-state index in [1.165, 1.54) is 19.0 Å². The van der Waals surface area contributed by atoms with E-state index in [2.05, 4.69) is 0 Å². The maximum absolute atomic E-state index is 13.4. The van der Waals surface area contributed by atoms with Crippen LogP contribution < -0.4 is 4.90 Å². The Balaban J connectivity index is 1.84. The van der Waals surface area contributed by atoms with Crippen LogP contribution in [0, 0.1) is 5.41 Å². The van der Waals surface area contributed by atoms with Crippen molar-refractivity contribution in [2.24, 2.45) is 5.41 Å². The van der Waals surface area contributed by atoms with Crippen LogP contribution in [0.4, 0.5) is 15.3 Å². The lowest BCUT2D eigenvalue weighted by molar-refractivity contribution is -0.160. The van der Waals surface area contributed by atoms with Gasteiger partial charge in [0, 0.05) is 39.4 Å². The van der Waals surface area contributed by atoms with Crippen molar-refractivity contribution in [1.82, 2.24) is 14.7 Å². The third kappa shape index (κ3) is 2.60. The predicted octanol–water partition coefficient (Wildman–Crippen LogP) is 0.927. The van der Waals surface area contributed by atoms with Crippen LogP contribution in [0.1, 0.15) is 12.5 Å². The molecule has 3 heterocycles. The SMILES string of the molecule is CCOC(=O)N1CCN2c3ccccc3CC3(C(=O)N(C)C(=O)N(C)C3=O)[C@H]2C1. The monoisotopic (exact) mass is 400 g/mol. The molecule has 2 fully saturated rings. The summed E-state index contributed by atoms with van der Waals surface area (Å²) in [5.74, 6) is -1.05. The third-order valence-electron chi connectivity index (χ3n) is 6.19. The van der Waals surface area contributed by atoms with Gasteiger partial charge in [-0.1, -0.05) is 18.2 Å². The Labute approximate surface area is 168 Å². The van der Waals surface area contributed by atoms with Crippen LogP contribution in [-0.2, 0) is 20.7 Å². The number of benzene rings is 1. The number of anilines is 1. The van der Waals surface area contributed by atoms with Crippen LogP contribution in [0.25, 0.3) is 0 Å². The molecule has 2 saturated heterocycles. The average molecular weight is 400 g/mol. The number of ether oxygens (including phenoxy) is 1. The zero-order valence-electron chi connectivity index (χ0n) is 16.8. The van der Waals surface area contributed by atoms with Gasteiger partial charge in [0.15, 0.2) is 5.41 Å². The number of rotatable bonds is 1. The van der Waals surface area contributed by atoms with E-state index in [-0.39, 0.29) is 19.6 Å². The summed E-state index contributed by atoms with van der Waals surface area (Å²) in [4.78, 5) is 57.2. The second-order valence-electron chi connectivity index (χ2n) is 7.64. The highest BCUT2D eigenvalue weighted by molar-refractivity contribution is 6.20. The Kier molecular flexibility index (Phi) is 4.48. The number of fused-ring (bicyclic) bond motifs is 4. The van der Waals surface area contributed by atoms with Crippen LogP contribution >= 0.6 is 0 Å². The number of amides is 5. The number of carbonyl (C=O) groups is 4. The van der Waals surface area contributed by atoms with E-state index in [4.69, 9.17) is 4.74 Å². The molecule has 0 saturated carbocycles. The molecular weight excluding hydrogens is 376 g/mol. The van der Waals surface area contributed by atoms with Gasteiger partial charge in [0.1, 0.15) is 0 Å². The molecule has 154 valence electrons. The molecule has 9 nitrogen and oxygen atoms in total. The van der Waals surface area contributed by atoms with Crippen LogP contribution in [-0.4, -0.2) is 85.0 Å². The Morgan fingerprint density at radius 2 is 1.76 bits per heavy atom. The van der Waals surface area contributed by atoms with Gasteiger partial charge in [0.25, 0.3) is 0 Å². The molecule has 1 atom stereocenters. The summed E-state index contributed by atoms with van der Waals surface area (Å²) in [6.07, 6.45) is -0.282. The fraction of sp³-hybridized carbons (Fsp3) is 0.500. The zero-order valence-corrected chi connectivity index (χ0v) is 16.8.